The van der Waals surface area contributed by atoms with Crippen LogP contribution in [0.5, 0.6) is 5.75 Å². The second-order valence-corrected chi connectivity index (χ2v) is 8.44. The van der Waals surface area contributed by atoms with Gasteiger partial charge in [-0.25, -0.2) is 4.98 Å². The summed E-state index contributed by atoms with van der Waals surface area (Å²) in [5.74, 6) is 0.542. The third-order valence-corrected chi connectivity index (χ3v) is 6.13. The van der Waals surface area contributed by atoms with Gasteiger partial charge in [-0.2, -0.15) is 0 Å². The van der Waals surface area contributed by atoms with E-state index in [-0.39, 0.29) is 5.75 Å². The van der Waals surface area contributed by atoms with Gasteiger partial charge in [-0.05, 0) is 53.4 Å². The largest absolute Gasteiger partial charge is 0.507 e. The second kappa shape index (κ2) is 8.92. The van der Waals surface area contributed by atoms with E-state index in [2.05, 4.69) is 54.6 Å². The molecule has 168 valence electrons. The Morgan fingerprint density at radius 1 is 0.686 bits per heavy atom. The highest BCUT2D eigenvalue weighted by Crippen LogP contribution is 2.36. The quantitative estimate of drug-likeness (QED) is 0.293. The highest BCUT2D eigenvalue weighted by molar-refractivity contribution is 5.93. The lowest BCUT2D eigenvalue weighted by Gasteiger charge is -2.11. The van der Waals surface area contributed by atoms with Crippen LogP contribution in [0.1, 0.15) is 11.1 Å². The summed E-state index contributed by atoms with van der Waals surface area (Å²) in [6.45, 7) is 0. The summed E-state index contributed by atoms with van der Waals surface area (Å²) in [5.41, 5.74) is 8.46. The molecule has 0 saturated carbocycles. The summed E-state index contributed by atoms with van der Waals surface area (Å²) in [6.07, 6.45) is 2.66. The highest BCUT2D eigenvalue weighted by atomic mass is 16.3. The molecule has 0 radical (unpaired) electrons. The van der Waals surface area contributed by atoms with Crippen LogP contribution in [0.3, 0.4) is 0 Å². The molecule has 6 rings (SSSR count). The van der Waals surface area contributed by atoms with Crippen LogP contribution in [-0.2, 0) is 6.42 Å². The average molecular weight is 455 g/mol. The number of aromatic hydroxyl groups is 1. The van der Waals surface area contributed by atoms with Gasteiger partial charge >= 0.3 is 0 Å². The number of hydrogen-bond acceptors (Lipinski definition) is 4. The van der Waals surface area contributed by atoms with Crippen LogP contribution in [0.2, 0.25) is 0 Å². The molecule has 0 unspecified atom stereocenters. The van der Waals surface area contributed by atoms with Crippen molar-refractivity contribution in [1.82, 2.24) is 9.97 Å². The minimum Gasteiger partial charge on any atom is -0.507 e. The number of phenolic OH excluding ortho intramolecular Hbond substituents is 1. The van der Waals surface area contributed by atoms with E-state index in [0.717, 1.165) is 34.3 Å². The van der Waals surface area contributed by atoms with Gasteiger partial charge in [-0.1, -0.05) is 78.9 Å². The van der Waals surface area contributed by atoms with Gasteiger partial charge in [0.05, 0.1) is 11.3 Å². The maximum absolute atomic E-state index is 10.3. The first-order valence-corrected chi connectivity index (χ1v) is 11.5. The molecule has 0 aliphatic carbocycles. The lowest BCUT2D eigenvalue weighted by Crippen LogP contribution is -1.95. The fourth-order valence-corrected chi connectivity index (χ4v) is 4.44. The van der Waals surface area contributed by atoms with Crippen molar-refractivity contribution >= 4 is 11.1 Å². The SMILES string of the molecule is Oc1ccccc1-c1nc2c(-c3cccc(-c4ncccc4Cc4ccccc4)c3)cccc2o1. The Balaban J connectivity index is 1.42. The Kier molecular flexibility index (Phi) is 5.32. The first-order valence-electron chi connectivity index (χ1n) is 11.5. The number of phenols is 1. The predicted octanol–water partition coefficient (Wildman–Crippen LogP) is 7.52. The van der Waals surface area contributed by atoms with Gasteiger partial charge in [0, 0.05) is 17.3 Å². The zero-order valence-electron chi connectivity index (χ0n) is 18.9. The van der Waals surface area contributed by atoms with Gasteiger partial charge < -0.3 is 9.52 Å². The average Bonchev–Trinajstić information content (AvgIpc) is 3.34. The van der Waals surface area contributed by atoms with Gasteiger partial charge in [-0.15, -0.1) is 0 Å². The van der Waals surface area contributed by atoms with Crippen LogP contribution in [0, 0.1) is 0 Å². The number of para-hydroxylation sites is 2. The van der Waals surface area contributed by atoms with Gasteiger partial charge in [0.2, 0.25) is 5.89 Å². The van der Waals surface area contributed by atoms with Crippen LogP contribution >= 0.6 is 0 Å². The number of rotatable bonds is 5. The van der Waals surface area contributed by atoms with Crippen LogP contribution in [0.4, 0.5) is 0 Å². The number of pyridine rings is 1. The fraction of sp³-hybridized carbons (Fsp3) is 0.0323. The Hall–Kier alpha value is -4.70. The molecule has 2 aromatic heterocycles. The molecule has 1 N–H and O–H groups in total. The zero-order valence-corrected chi connectivity index (χ0v) is 18.9. The van der Waals surface area contributed by atoms with Crippen molar-refractivity contribution in [2.75, 3.05) is 0 Å². The third kappa shape index (κ3) is 4.06. The molecule has 4 nitrogen and oxygen atoms in total. The number of oxazole rings is 1. The minimum absolute atomic E-state index is 0.142. The van der Waals surface area contributed by atoms with E-state index in [1.54, 1.807) is 18.2 Å². The zero-order chi connectivity index (χ0) is 23.6. The Morgan fingerprint density at radius 2 is 1.46 bits per heavy atom. The summed E-state index contributed by atoms with van der Waals surface area (Å²) in [5, 5.41) is 10.3. The van der Waals surface area contributed by atoms with Gasteiger partial charge in [0.25, 0.3) is 0 Å². The molecule has 0 spiro atoms. The Morgan fingerprint density at radius 3 is 2.34 bits per heavy atom. The predicted molar refractivity (Wildman–Crippen MR) is 139 cm³/mol. The van der Waals surface area contributed by atoms with E-state index in [4.69, 9.17) is 14.4 Å². The van der Waals surface area contributed by atoms with E-state index in [1.165, 1.54) is 11.1 Å². The molecule has 0 fully saturated rings. The van der Waals surface area contributed by atoms with E-state index >= 15 is 0 Å². The van der Waals surface area contributed by atoms with Gasteiger partial charge in [0.15, 0.2) is 5.58 Å². The highest BCUT2D eigenvalue weighted by Gasteiger charge is 2.16. The Labute approximate surface area is 203 Å². The van der Waals surface area contributed by atoms with Crippen LogP contribution < -0.4 is 0 Å². The normalized spacial score (nSPS) is 11.1. The second-order valence-electron chi connectivity index (χ2n) is 8.44. The van der Waals surface area contributed by atoms with E-state index in [1.807, 2.05) is 42.6 Å². The smallest absolute Gasteiger partial charge is 0.231 e. The number of benzene rings is 4. The van der Waals surface area contributed by atoms with Crippen LogP contribution in [0.15, 0.2) is 120 Å². The molecule has 0 saturated heterocycles. The lowest BCUT2D eigenvalue weighted by molar-refractivity contribution is 0.474. The first kappa shape index (κ1) is 20.9. The molecular formula is C31H22N2O2. The molecule has 2 heterocycles. The van der Waals surface area contributed by atoms with Crippen molar-refractivity contribution in [2.45, 2.75) is 6.42 Å². The molecule has 6 aromatic rings. The molecule has 35 heavy (non-hydrogen) atoms. The van der Waals surface area contributed by atoms with Crippen molar-refractivity contribution in [3.05, 3.63) is 127 Å². The maximum Gasteiger partial charge on any atom is 0.231 e. The molecule has 4 aromatic carbocycles. The number of fused-ring (bicyclic) bond motifs is 1. The number of hydrogen-bond donors (Lipinski definition) is 1. The summed E-state index contributed by atoms with van der Waals surface area (Å²) in [7, 11) is 0. The van der Waals surface area contributed by atoms with Crippen molar-refractivity contribution in [3.8, 4) is 39.6 Å². The molecule has 0 aliphatic rings. The minimum atomic E-state index is 0.142. The first-order chi connectivity index (χ1) is 17.3. The van der Waals surface area contributed by atoms with E-state index in [0.29, 0.717) is 17.0 Å². The van der Waals surface area contributed by atoms with Crippen LogP contribution in [0.25, 0.3) is 44.9 Å². The molecular weight excluding hydrogens is 432 g/mol. The van der Waals surface area contributed by atoms with Crippen molar-refractivity contribution < 1.29 is 9.52 Å². The summed E-state index contributed by atoms with van der Waals surface area (Å²) in [6, 6.07) is 35.9. The lowest BCUT2D eigenvalue weighted by atomic mass is 9.96. The monoisotopic (exact) mass is 454 g/mol. The molecule has 0 bridgehead atoms. The molecule has 0 atom stereocenters. The topological polar surface area (TPSA) is 59.2 Å². The van der Waals surface area contributed by atoms with E-state index < -0.39 is 0 Å². The maximum atomic E-state index is 10.3. The number of nitrogens with zero attached hydrogens (tertiary/aromatic N) is 2. The Bertz CT molecular complexity index is 1640. The summed E-state index contributed by atoms with van der Waals surface area (Å²) < 4.78 is 6.01. The summed E-state index contributed by atoms with van der Waals surface area (Å²) in [4.78, 5) is 9.49. The van der Waals surface area contributed by atoms with E-state index in [9.17, 15) is 5.11 Å². The van der Waals surface area contributed by atoms with Gasteiger partial charge in [0.1, 0.15) is 11.3 Å². The standard InChI is InChI=1S/C31H22N2O2/c34-27-16-5-4-14-26(27)31-33-30-25(15-7-17-28(30)35-31)22-11-6-12-24(20-22)29-23(13-8-18-32-29)19-21-9-2-1-3-10-21/h1-18,20,34H,19H2. The van der Waals surface area contributed by atoms with Crippen molar-refractivity contribution in [2.24, 2.45) is 0 Å². The van der Waals surface area contributed by atoms with Crippen LogP contribution in [-0.4, -0.2) is 15.1 Å². The molecule has 0 aliphatic heterocycles. The van der Waals surface area contributed by atoms with Crippen molar-refractivity contribution in [3.63, 3.8) is 0 Å². The third-order valence-electron chi connectivity index (χ3n) is 6.13. The van der Waals surface area contributed by atoms with Crippen molar-refractivity contribution in [1.29, 1.82) is 0 Å². The molecule has 4 heteroatoms. The van der Waals surface area contributed by atoms with Gasteiger partial charge in [-0.3, -0.25) is 4.98 Å². The number of aromatic nitrogens is 2. The summed E-state index contributed by atoms with van der Waals surface area (Å²) >= 11 is 0. The molecule has 0 amide bonds. The fourth-order valence-electron chi connectivity index (χ4n) is 4.44.